The number of H-pyrrole nitrogens is 1. The summed E-state index contributed by atoms with van der Waals surface area (Å²) in [6, 6.07) is 0. The molecule has 1 aromatic heterocycles. The summed E-state index contributed by atoms with van der Waals surface area (Å²) >= 11 is 4.67. The molecule has 66 valence electrons. The second kappa shape index (κ2) is 3.95. The van der Waals surface area contributed by atoms with Crippen LogP contribution in [0.2, 0.25) is 0 Å². The lowest BCUT2D eigenvalue weighted by molar-refractivity contribution is 0.766. The van der Waals surface area contributed by atoms with Gasteiger partial charge in [0.1, 0.15) is 0 Å². The van der Waals surface area contributed by atoms with Crippen LogP contribution in [-0.2, 0) is 7.05 Å². The molecule has 0 amide bonds. The first kappa shape index (κ1) is 9.60. The highest BCUT2D eigenvalue weighted by Gasteiger charge is 2.03. The zero-order valence-corrected chi connectivity index (χ0v) is 8.91. The Morgan fingerprint density at radius 3 is 3.00 bits per heavy atom. The first-order valence-corrected chi connectivity index (χ1v) is 4.96. The van der Waals surface area contributed by atoms with Crippen LogP contribution >= 0.6 is 27.7 Å². The lowest BCUT2D eigenvalue weighted by atomic mass is 10.8. The molecule has 1 N–H and O–H groups in total. The fourth-order valence-electron chi connectivity index (χ4n) is 0.604. The van der Waals surface area contributed by atoms with E-state index in [2.05, 4.69) is 32.7 Å². The molecule has 0 aromatic carbocycles. The predicted octanol–water partition coefficient (Wildman–Crippen LogP) is 1.11. The Bertz CT molecular complexity index is 343. The van der Waals surface area contributed by atoms with Crippen molar-refractivity contribution in [2.45, 2.75) is 5.16 Å². The SMILES string of the molecule is C=C(Br)CSc1n[nH]c(=O)n1C. The molecule has 4 nitrogen and oxygen atoms in total. The van der Waals surface area contributed by atoms with Crippen LogP contribution in [0.1, 0.15) is 0 Å². The van der Waals surface area contributed by atoms with Crippen molar-refractivity contribution in [1.82, 2.24) is 14.8 Å². The predicted molar refractivity (Wildman–Crippen MR) is 52.6 cm³/mol. The third-order valence-corrected chi connectivity index (χ3v) is 2.96. The van der Waals surface area contributed by atoms with E-state index in [1.54, 1.807) is 7.05 Å². The topological polar surface area (TPSA) is 50.7 Å². The Morgan fingerprint density at radius 1 is 1.92 bits per heavy atom. The molecule has 0 aliphatic heterocycles. The van der Waals surface area contributed by atoms with E-state index in [1.165, 1.54) is 16.3 Å². The van der Waals surface area contributed by atoms with Gasteiger partial charge >= 0.3 is 5.69 Å². The van der Waals surface area contributed by atoms with E-state index in [1.807, 2.05) is 0 Å². The third-order valence-electron chi connectivity index (χ3n) is 1.20. The molecule has 0 saturated carbocycles. The van der Waals surface area contributed by atoms with Crippen LogP contribution in [0.3, 0.4) is 0 Å². The van der Waals surface area contributed by atoms with Crippen LogP contribution in [0.25, 0.3) is 0 Å². The Hall–Kier alpha value is -0.490. The number of nitrogens with zero attached hydrogens (tertiary/aromatic N) is 2. The molecular formula is C6H8BrN3OS. The first-order valence-electron chi connectivity index (χ1n) is 3.18. The van der Waals surface area contributed by atoms with Crippen LogP contribution in [0.4, 0.5) is 0 Å². The Morgan fingerprint density at radius 2 is 2.58 bits per heavy atom. The second-order valence-electron chi connectivity index (χ2n) is 2.18. The van der Waals surface area contributed by atoms with E-state index < -0.39 is 0 Å². The molecule has 0 fully saturated rings. The zero-order valence-electron chi connectivity index (χ0n) is 6.50. The minimum Gasteiger partial charge on any atom is -0.273 e. The standard InChI is InChI=1S/C6H8BrN3OS/c1-4(7)3-12-6-9-8-5(11)10(6)2/h1,3H2,2H3,(H,8,11). The summed E-state index contributed by atoms with van der Waals surface area (Å²) in [7, 11) is 1.67. The van der Waals surface area contributed by atoms with Crippen molar-refractivity contribution in [3.05, 3.63) is 21.5 Å². The third kappa shape index (κ3) is 2.25. The fraction of sp³-hybridized carbons (Fsp3) is 0.333. The lowest BCUT2D eigenvalue weighted by Gasteiger charge is -1.96. The van der Waals surface area contributed by atoms with Crippen LogP contribution in [0.15, 0.2) is 21.0 Å². The van der Waals surface area contributed by atoms with Crippen LogP contribution in [0.5, 0.6) is 0 Å². The normalized spacial score (nSPS) is 10.2. The van der Waals surface area contributed by atoms with Crippen LogP contribution < -0.4 is 5.69 Å². The summed E-state index contributed by atoms with van der Waals surface area (Å²) in [5.41, 5.74) is -0.197. The maximum Gasteiger partial charge on any atom is 0.343 e. The highest BCUT2D eigenvalue weighted by molar-refractivity contribution is 9.11. The minimum absolute atomic E-state index is 0.197. The Kier molecular flexibility index (Phi) is 3.16. The highest BCUT2D eigenvalue weighted by Crippen LogP contribution is 2.17. The summed E-state index contributed by atoms with van der Waals surface area (Å²) in [4.78, 5) is 10.9. The average Bonchev–Trinajstić information content (AvgIpc) is 2.30. The highest BCUT2D eigenvalue weighted by atomic mass is 79.9. The van der Waals surface area contributed by atoms with Crippen molar-refractivity contribution >= 4 is 27.7 Å². The van der Waals surface area contributed by atoms with E-state index in [4.69, 9.17) is 0 Å². The molecule has 0 aliphatic carbocycles. The van der Waals surface area contributed by atoms with Gasteiger partial charge in [0.05, 0.1) is 0 Å². The number of rotatable bonds is 3. The van der Waals surface area contributed by atoms with Gasteiger partial charge in [-0.15, -0.1) is 5.10 Å². The Labute approximate surface area is 82.2 Å². The molecule has 0 bridgehead atoms. The fourth-order valence-corrected chi connectivity index (χ4v) is 1.62. The Balaban J connectivity index is 2.70. The van der Waals surface area contributed by atoms with E-state index in [0.29, 0.717) is 10.9 Å². The van der Waals surface area contributed by atoms with Crippen LogP contribution in [0, 0.1) is 0 Å². The number of aromatic nitrogens is 3. The molecule has 12 heavy (non-hydrogen) atoms. The maximum absolute atomic E-state index is 10.9. The largest absolute Gasteiger partial charge is 0.343 e. The van der Waals surface area contributed by atoms with Gasteiger partial charge in [-0.25, -0.2) is 9.89 Å². The average molecular weight is 250 g/mol. The molecule has 0 radical (unpaired) electrons. The molecular weight excluding hydrogens is 242 g/mol. The van der Waals surface area contributed by atoms with Crippen molar-refractivity contribution in [1.29, 1.82) is 0 Å². The van der Waals surface area contributed by atoms with Gasteiger partial charge in [0.15, 0.2) is 5.16 Å². The zero-order chi connectivity index (χ0) is 9.14. The number of aromatic amines is 1. The number of hydrogen-bond acceptors (Lipinski definition) is 3. The van der Waals surface area contributed by atoms with Gasteiger partial charge < -0.3 is 0 Å². The van der Waals surface area contributed by atoms with Crippen molar-refractivity contribution < 1.29 is 0 Å². The van der Waals surface area contributed by atoms with E-state index in [-0.39, 0.29) is 5.69 Å². The molecule has 0 aliphatic rings. The summed E-state index contributed by atoms with van der Waals surface area (Å²) in [5.74, 6) is 0.706. The van der Waals surface area contributed by atoms with Gasteiger partial charge in [0, 0.05) is 12.8 Å². The van der Waals surface area contributed by atoms with Gasteiger partial charge in [-0.05, 0) is 4.48 Å². The van der Waals surface area contributed by atoms with Gasteiger partial charge in [0.25, 0.3) is 0 Å². The summed E-state index contributed by atoms with van der Waals surface area (Å²) in [5, 5.41) is 6.83. The number of halogens is 1. The molecule has 1 rings (SSSR count). The van der Waals surface area contributed by atoms with Crippen LogP contribution in [-0.4, -0.2) is 20.5 Å². The minimum atomic E-state index is -0.197. The number of hydrogen-bond donors (Lipinski definition) is 1. The smallest absolute Gasteiger partial charge is 0.273 e. The quantitative estimate of drug-likeness (QED) is 0.817. The van der Waals surface area contributed by atoms with Crippen molar-refractivity contribution in [3.8, 4) is 0 Å². The van der Waals surface area contributed by atoms with Gasteiger partial charge in [-0.3, -0.25) is 4.57 Å². The van der Waals surface area contributed by atoms with Gasteiger partial charge in [-0.1, -0.05) is 34.3 Å². The maximum atomic E-state index is 10.9. The van der Waals surface area contributed by atoms with Gasteiger partial charge in [-0.2, -0.15) is 0 Å². The summed E-state index contributed by atoms with van der Waals surface area (Å²) < 4.78 is 2.34. The van der Waals surface area contributed by atoms with Crippen molar-refractivity contribution in [2.24, 2.45) is 7.05 Å². The molecule has 0 atom stereocenters. The summed E-state index contributed by atoms with van der Waals surface area (Å²) in [6.45, 7) is 3.68. The molecule has 1 heterocycles. The molecule has 0 saturated heterocycles. The van der Waals surface area contributed by atoms with Crippen molar-refractivity contribution in [3.63, 3.8) is 0 Å². The second-order valence-corrected chi connectivity index (χ2v) is 4.24. The first-order chi connectivity index (χ1) is 5.61. The number of thioether (sulfide) groups is 1. The van der Waals surface area contributed by atoms with Gasteiger partial charge in [0.2, 0.25) is 0 Å². The van der Waals surface area contributed by atoms with Crippen molar-refractivity contribution in [2.75, 3.05) is 5.75 Å². The molecule has 1 aromatic rings. The molecule has 0 spiro atoms. The van der Waals surface area contributed by atoms with E-state index in [9.17, 15) is 4.79 Å². The molecule has 0 unspecified atom stereocenters. The van der Waals surface area contributed by atoms with E-state index in [0.717, 1.165) is 4.48 Å². The lowest BCUT2D eigenvalue weighted by Crippen LogP contribution is -2.12. The summed E-state index contributed by atoms with van der Waals surface area (Å²) in [6.07, 6.45) is 0. The monoisotopic (exact) mass is 249 g/mol. The molecule has 6 heteroatoms. The van der Waals surface area contributed by atoms with E-state index >= 15 is 0 Å². The number of nitrogens with one attached hydrogen (secondary N) is 1.